The Balaban J connectivity index is 2.56. The van der Waals surface area contributed by atoms with Gasteiger partial charge in [-0.1, -0.05) is 19.3 Å². The highest BCUT2D eigenvalue weighted by molar-refractivity contribution is 5.68. The number of carbonyl (C=O) groups excluding carboxylic acids is 3. The van der Waals surface area contributed by atoms with Crippen molar-refractivity contribution in [2.24, 2.45) is 23.7 Å². The summed E-state index contributed by atoms with van der Waals surface area (Å²) in [6, 6.07) is 0. The molecule has 1 rings (SSSR count). The van der Waals surface area contributed by atoms with Gasteiger partial charge in [-0.05, 0) is 38.0 Å². The summed E-state index contributed by atoms with van der Waals surface area (Å²) in [7, 11) is 1.37. The second kappa shape index (κ2) is 13.5. The normalized spacial score (nSPS) is 25.1. The van der Waals surface area contributed by atoms with E-state index in [0.717, 1.165) is 38.4 Å². The van der Waals surface area contributed by atoms with E-state index >= 15 is 0 Å². The summed E-state index contributed by atoms with van der Waals surface area (Å²) in [5.41, 5.74) is 0. The number of unbranched alkanes of at least 4 members (excludes halogenated alkanes) is 3. The highest BCUT2D eigenvalue weighted by Gasteiger charge is 2.45. The maximum absolute atomic E-state index is 11.7. The van der Waals surface area contributed by atoms with E-state index in [1.165, 1.54) is 7.11 Å². The number of aliphatic hydroxyl groups is 2. The van der Waals surface area contributed by atoms with Crippen LogP contribution in [0.2, 0.25) is 0 Å². The molecule has 0 aromatic heterocycles. The molecule has 0 aromatic carbocycles. The van der Waals surface area contributed by atoms with Crippen LogP contribution in [0.4, 0.5) is 4.79 Å². The van der Waals surface area contributed by atoms with Crippen LogP contribution >= 0.6 is 0 Å². The Morgan fingerprint density at radius 1 is 1.18 bits per heavy atom. The number of hydrogen-bond donors (Lipinski definition) is 2. The van der Waals surface area contributed by atoms with E-state index in [1.807, 2.05) is 0 Å². The summed E-state index contributed by atoms with van der Waals surface area (Å²) in [5.74, 6) is -1.04. The lowest BCUT2D eigenvalue weighted by Crippen LogP contribution is -2.29. The van der Waals surface area contributed by atoms with E-state index < -0.39 is 12.3 Å². The van der Waals surface area contributed by atoms with Gasteiger partial charge in [0, 0.05) is 18.3 Å². The van der Waals surface area contributed by atoms with Crippen LogP contribution in [0, 0.1) is 23.7 Å². The highest BCUT2D eigenvalue weighted by Crippen LogP contribution is 2.45. The van der Waals surface area contributed by atoms with Crippen LogP contribution in [0.15, 0.2) is 0 Å². The minimum absolute atomic E-state index is 0.0620. The van der Waals surface area contributed by atoms with Crippen molar-refractivity contribution in [3.63, 3.8) is 0 Å². The van der Waals surface area contributed by atoms with Gasteiger partial charge in [0.2, 0.25) is 0 Å². The molecule has 162 valence electrons. The van der Waals surface area contributed by atoms with Crippen molar-refractivity contribution in [3.8, 4) is 0 Å². The molecule has 1 aliphatic carbocycles. The Bertz CT molecular complexity index is 481. The molecule has 5 unspecified atom stereocenters. The Labute approximate surface area is 166 Å². The standard InChI is InChI=1S/C20H34O8/c1-3-27-20(25)28-13-14-10-16(18(23)12-22)15(17(14)11-21)8-6-4-5-7-9-19(24)26-2/h11,14-18,22-23H,3-10,12-13H2,1-2H3. The molecule has 8 nitrogen and oxygen atoms in total. The fraction of sp³-hybridized carbons (Fsp3) is 0.850. The summed E-state index contributed by atoms with van der Waals surface area (Å²) in [6.07, 6.45) is 4.27. The van der Waals surface area contributed by atoms with Gasteiger partial charge in [0.25, 0.3) is 0 Å². The summed E-state index contributed by atoms with van der Waals surface area (Å²) in [6.45, 7) is 1.59. The van der Waals surface area contributed by atoms with Gasteiger partial charge in [0.15, 0.2) is 0 Å². The fourth-order valence-electron chi connectivity index (χ4n) is 4.13. The first-order chi connectivity index (χ1) is 13.5. The SMILES string of the molecule is CCOC(=O)OCC1CC(C(O)CO)C(CCCCCCC(=O)OC)C1C=O. The number of hydrogen-bond acceptors (Lipinski definition) is 8. The molecular formula is C20H34O8. The predicted molar refractivity (Wildman–Crippen MR) is 100 cm³/mol. The van der Waals surface area contributed by atoms with Gasteiger partial charge in [-0.15, -0.1) is 0 Å². The van der Waals surface area contributed by atoms with E-state index in [9.17, 15) is 24.6 Å². The van der Waals surface area contributed by atoms with Gasteiger partial charge in [0.05, 0.1) is 33.0 Å². The average molecular weight is 402 g/mol. The van der Waals surface area contributed by atoms with E-state index in [2.05, 4.69) is 4.74 Å². The molecule has 2 N–H and O–H groups in total. The third-order valence-corrected chi connectivity index (χ3v) is 5.58. The average Bonchev–Trinajstić information content (AvgIpc) is 3.05. The smallest absolute Gasteiger partial charge is 0.469 e. The molecule has 0 radical (unpaired) electrons. The van der Waals surface area contributed by atoms with Crippen molar-refractivity contribution >= 4 is 18.4 Å². The van der Waals surface area contributed by atoms with Gasteiger partial charge >= 0.3 is 12.1 Å². The minimum Gasteiger partial charge on any atom is -0.469 e. The molecule has 0 amide bonds. The lowest BCUT2D eigenvalue weighted by atomic mass is 9.82. The summed E-state index contributed by atoms with van der Waals surface area (Å²) >= 11 is 0. The molecule has 0 heterocycles. The third kappa shape index (κ3) is 7.75. The second-order valence-electron chi connectivity index (χ2n) is 7.31. The molecule has 28 heavy (non-hydrogen) atoms. The van der Waals surface area contributed by atoms with Crippen LogP contribution in [0.3, 0.4) is 0 Å². The Hall–Kier alpha value is -1.67. The molecule has 0 aromatic rings. The maximum Gasteiger partial charge on any atom is 0.508 e. The second-order valence-corrected chi connectivity index (χ2v) is 7.31. The van der Waals surface area contributed by atoms with Crippen LogP contribution in [0.25, 0.3) is 0 Å². The number of methoxy groups -OCH3 is 1. The zero-order valence-electron chi connectivity index (χ0n) is 16.9. The number of aldehydes is 1. The first-order valence-electron chi connectivity index (χ1n) is 10.1. The van der Waals surface area contributed by atoms with Crippen molar-refractivity contribution in [2.45, 2.75) is 58.0 Å². The minimum atomic E-state index is -0.903. The van der Waals surface area contributed by atoms with Crippen molar-refractivity contribution in [1.82, 2.24) is 0 Å². The van der Waals surface area contributed by atoms with Gasteiger partial charge in [-0.25, -0.2) is 4.79 Å². The number of esters is 1. The van der Waals surface area contributed by atoms with Crippen LogP contribution in [-0.4, -0.2) is 61.7 Å². The van der Waals surface area contributed by atoms with Gasteiger partial charge in [0.1, 0.15) is 6.29 Å². The number of aliphatic hydroxyl groups excluding tert-OH is 2. The molecule has 0 bridgehead atoms. The largest absolute Gasteiger partial charge is 0.508 e. The quantitative estimate of drug-likeness (QED) is 0.273. The zero-order valence-corrected chi connectivity index (χ0v) is 16.9. The molecule has 0 spiro atoms. The zero-order chi connectivity index (χ0) is 20.9. The van der Waals surface area contributed by atoms with Crippen LogP contribution in [-0.2, 0) is 23.8 Å². The molecule has 1 fully saturated rings. The molecule has 0 aliphatic heterocycles. The summed E-state index contributed by atoms with van der Waals surface area (Å²) < 4.78 is 14.5. The monoisotopic (exact) mass is 402 g/mol. The van der Waals surface area contributed by atoms with Crippen LogP contribution < -0.4 is 0 Å². The first-order valence-corrected chi connectivity index (χ1v) is 10.1. The Kier molecular flexibility index (Phi) is 11.7. The molecule has 1 aliphatic rings. The molecule has 1 saturated carbocycles. The van der Waals surface area contributed by atoms with Crippen molar-refractivity contribution < 1.29 is 38.8 Å². The lowest BCUT2D eigenvalue weighted by molar-refractivity contribution is -0.140. The molecule has 0 saturated heterocycles. The van der Waals surface area contributed by atoms with Crippen molar-refractivity contribution in [2.75, 3.05) is 26.9 Å². The van der Waals surface area contributed by atoms with Gasteiger partial charge in [-0.3, -0.25) is 4.79 Å². The maximum atomic E-state index is 11.7. The molecule has 5 atom stereocenters. The first kappa shape index (κ1) is 24.4. The van der Waals surface area contributed by atoms with E-state index in [0.29, 0.717) is 12.8 Å². The Morgan fingerprint density at radius 2 is 1.89 bits per heavy atom. The number of carbonyl (C=O) groups is 3. The summed E-state index contributed by atoms with van der Waals surface area (Å²) in [4.78, 5) is 34.3. The summed E-state index contributed by atoms with van der Waals surface area (Å²) in [5, 5.41) is 19.6. The van der Waals surface area contributed by atoms with E-state index in [-0.39, 0.29) is 49.5 Å². The number of rotatable bonds is 13. The van der Waals surface area contributed by atoms with Crippen molar-refractivity contribution in [1.29, 1.82) is 0 Å². The van der Waals surface area contributed by atoms with Crippen LogP contribution in [0.1, 0.15) is 51.9 Å². The highest BCUT2D eigenvalue weighted by atomic mass is 16.7. The Morgan fingerprint density at radius 3 is 2.50 bits per heavy atom. The topological polar surface area (TPSA) is 119 Å². The third-order valence-electron chi connectivity index (χ3n) is 5.58. The number of ether oxygens (including phenoxy) is 3. The fourth-order valence-corrected chi connectivity index (χ4v) is 4.13. The lowest BCUT2D eigenvalue weighted by Gasteiger charge is -2.25. The van der Waals surface area contributed by atoms with Crippen LogP contribution in [0.5, 0.6) is 0 Å². The van der Waals surface area contributed by atoms with Gasteiger partial charge < -0.3 is 29.2 Å². The predicted octanol–water partition coefficient (Wildman–Crippen LogP) is 2.09. The van der Waals surface area contributed by atoms with E-state index in [4.69, 9.17) is 9.47 Å². The molecular weight excluding hydrogens is 368 g/mol. The van der Waals surface area contributed by atoms with Crippen molar-refractivity contribution in [3.05, 3.63) is 0 Å². The molecule has 8 heteroatoms. The van der Waals surface area contributed by atoms with Gasteiger partial charge in [-0.2, -0.15) is 0 Å². The van der Waals surface area contributed by atoms with E-state index in [1.54, 1.807) is 6.92 Å².